The van der Waals surface area contributed by atoms with Crippen molar-refractivity contribution in [1.82, 2.24) is 9.21 Å². The molecule has 0 aromatic heterocycles. The first kappa shape index (κ1) is 23.0. The van der Waals surface area contributed by atoms with Crippen molar-refractivity contribution in [2.75, 3.05) is 51.3 Å². The van der Waals surface area contributed by atoms with Crippen LogP contribution in [0.3, 0.4) is 0 Å². The Labute approximate surface area is 189 Å². The van der Waals surface area contributed by atoms with Gasteiger partial charge in [-0.25, -0.2) is 8.42 Å². The lowest BCUT2D eigenvalue weighted by Gasteiger charge is -2.32. The summed E-state index contributed by atoms with van der Waals surface area (Å²) < 4.78 is 38.4. The molecule has 0 radical (unpaired) electrons. The van der Waals surface area contributed by atoms with Crippen molar-refractivity contribution in [3.05, 3.63) is 18.2 Å². The number of nitrogens with zero attached hydrogens (tertiary/aromatic N) is 2. The molecule has 9 nitrogen and oxygen atoms in total. The van der Waals surface area contributed by atoms with E-state index in [0.717, 1.165) is 19.3 Å². The number of ether oxygens (including phenoxy) is 2. The van der Waals surface area contributed by atoms with Gasteiger partial charge in [0.15, 0.2) is 0 Å². The Balaban J connectivity index is 1.51. The molecule has 1 aromatic rings. The minimum atomic E-state index is -3.71. The summed E-state index contributed by atoms with van der Waals surface area (Å²) in [5.74, 6) is 0.142. The monoisotopic (exact) mass is 465 g/mol. The fourth-order valence-electron chi connectivity index (χ4n) is 4.20. The van der Waals surface area contributed by atoms with Crippen LogP contribution in [0.1, 0.15) is 32.6 Å². The van der Waals surface area contributed by atoms with Crippen LogP contribution in [0.25, 0.3) is 0 Å². The lowest BCUT2D eigenvalue weighted by atomic mass is 9.96. The molecule has 3 fully saturated rings. The van der Waals surface area contributed by atoms with Gasteiger partial charge in [-0.1, -0.05) is 0 Å². The highest BCUT2D eigenvalue weighted by Crippen LogP contribution is 2.34. The summed E-state index contributed by atoms with van der Waals surface area (Å²) in [6.45, 7) is 4.61. The van der Waals surface area contributed by atoms with E-state index < -0.39 is 10.0 Å². The van der Waals surface area contributed by atoms with E-state index in [0.29, 0.717) is 63.9 Å². The van der Waals surface area contributed by atoms with E-state index in [1.165, 1.54) is 16.4 Å². The zero-order valence-electron chi connectivity index (χ0n) is 18.4. The summed E-state index contributed by atoms with van der Waals surface area (Å²) in [4.78, 5) is 27.4. The lowest BCUT2D eigenvalue weighted by molar-refractivity contribution is -0.135. The first-order valence-electron chi connectivity index (χ1n) is 11.3. The highest BCUT2D eigenvalue weighted by molar-refractivity contribution is 7.89. The Morgan fingerprint density at radius 1 is 1.12 bits per heavy atom. The van der Waals surface area contributed by atoms with E-state index in [2.05, 4.69) is 5.32 Å². The zero-order chi connectivity index (χ0) is 22.7. The average molecular weight is 466 g/mol. The summed E-state index contributed by atoms with van der Waals surface area (Å²) >= 11 is 0. The van der Waals surface area contributed by atoms with Crippen molar-refractivity contribution < 1.29 is 27.5 Å². The second-order valence-electron chi connectivity index (χ2n) is 8.49. The molecule has 4 rings (SSSR count). The minimum absolute atomic E-state index is 0.104. The summed E-state index contributed by atoms with van der Waals surface area (Å²) in [7, 11) is -3.71. The van der Waals surface area contributed by atoms with Crippen LogP contribution in [0, 0.1) is 11.8 Å². The fourth-order valence-corrected chi connectivity index (χ4v) is 5.63. The van der Waals surface area contributed by atoms with Gasteiger partial charge in [-0.05, 0) is 50.8 Å². The number of carbonyl (C=O) groups is 2. The van der Waals surface area contributed by atoms with Gasteiger partial charge in [-0.15, -0.1) is 0 Å². The number of sulfonamides is 1. The third kappa shape index (κ3) is 5.07. The first-order valence-corrected chi connectivity index (χ1v) is 12.8. The van der Waals surface area contributed by atoms with Gasteiger partial charge in [0.25, 0.3) is 0 Å². The Morgan fingerprint density at radius 2 is 1.88 bits per heavy atom. The summed E-state index contributed by atoms with van der Waals surface area (Å²) in [5.41, 5.74) is 0.330. The van der Waals surface area contributed by atoms with Gasteiger partial charge in [0, 0.05) is 32.1 Å². The summed E-state index contributed by atoms with van der Waals surface area (Å²) in [6.07, 6.45) is 3.35. The molecular formula is C22H31N3O6S. The molecule has 1 saturated carbocycles. The standard InChI is InChI=1S/C22H31N3O6S/c1-2-31-20-8-7-18(32(28,29)25-10-12-30-13-11-25)14-19(20)23-21(26)17-4-3-9-24(15-17)22(27)16-5-6-16/h7-8,14,16-17H,2-6,9-13,15H2,1H3,(H,23,26). The smallest absolute Gasteiger partial charge is 0.243 e. The highest BCUT2D eigenvalue weighted by Gasteiger charge is 2.37. The van der Waals surface area contributed by atoms with Crippen molar-refractivity contribution in [2.45, 2.75) is 37.5 Å². The van der Waals surface area contributed by atoms with Crippen LogP contribution in [0.4, 0.5) is 5.69 Å². The molecule has 1 unspecified atom stereocenters. The maximum Gasteiger partial charge on any atom is 0.243 e. The minimum Gasteiger partial charge on any atom is -0.492 e. The van der Waals surface area contributed by atoms with Crippen LogP contribution in [-0.4, -0.2) is 75.4 Å². The van der Waals surface area contributed by atoms with E-state index >= 15 is 0 Å². The first-order chi connectivity index (χ1) is 15.4. The second-order valence-corrected chi connectivity index (χ2v) is 10.4. The molecule has 0 spiro atoms. The molecule has 1 atom stereocenters. The molecule has 0 bridgehead atoms. The number of piperidine rings is 1. The summed E-state index contributed by atoms with van der Waals surface area (Å²) in [6, 6.07) is 4.54. The van der Waals surface area contributed by atoms with Crippen molar-refractivity contribution in [3.63, 3.8) is 0 Å². The molecule has 2 heterocycles. The number of hydrogen-bond acceptors (Lipinski definition) is 6. The lowest BCUT2D eigenvalue weighted by Crippen LogP contribution is -2.44. The number of benzene rings is 1. The molecule has 32 heavy (non-hydrogen) atoms. The number of carbonyl (C=O) groups excluding carboxylic acids is 2. The largest absolute Gasteiger partial charge is 0.492 e. The summed E-state index contributed by atoms with van der Waals surface area (Å²) in [5, 5.41) is 2.88. The molecule has 176 valence electrons. The van der Waals surface area contributed by atoms with Gasteiger partial charge in [-0.3, -0.25) is 9.59 Å². The van der Waals surface area contributed by atoms with Crippen LogP contribution in [0.5, 0.6) is 5.75 Å². The molecule has 1 N–H and O–H groups in total. The Kier molecular flexibility index (Phi) is 7.02. The van der Waals surface area contributed by atoms with Crippen LogP contribution >= 0.6 is 0 Å². The van der Waals surface area contributed by atoms with E-state index in [-0.39, 0.29) is 28.5 Å². The third-order valence-electron chi connectivity index (χ3n) is 6.15. The fraction of sp³-hybridized carbons (Fsp3) is 0.636. The van der Waals surface area contributed by atoms with E-state index in [9.17, 15) is 18.0 Å². The normalized spacial score (nSPS) is 22.4. The maximum atomic E-state index is 13.1. The Hall–Kier alpha value is -2.17. The van der Waals surface area contributed by atoms with Crippen molar-refractivity contribution >= 4 is 27.5 Å². The molecule has 1 aromatic carbocycles. The van der Waals surface area contributed by atoms with E-state index in [4.69, 9.17) is 9.47 Å². The number of amides is 2. The molecule has 2 saturated heterocycles. The number of anilines is 1. The quantitative estimate of drug-likeness (QED) is 0.657. The van der Waals surface area contributed by atoms with Gasteiger partial charge >= 0.3 is 0 Å². The van der Waals surface area contributed by atoms with Gasteiger partial charge in [0.1, 0.15) is 5.75 Å². The number of hydrogen-bond donors (Lipinski definition) is 1. The number of likely N-dealkylation sites (tertiary alicyclic amines) is 1. The topological polar surface area (TPSA) is 105 Å². The van der Waals surface area contributed by atoms with Crippen LogP contribution in [-0.2, 0) is 24.3 Å². The number of nitrogens with one attached hydrogen (secondary N) is 1. The van der Waals surface area contributed by atoms with Crippen LogP contribution < -0.4 is 10.1 Å². The second kappa shape index (κ2) is 9.76. The maximum absolute atomic E-state index is 13.1. The van der Waals surface area contributed by atoms with Gasteiger partial charge in [0.05, 0.1) is 36.3 Å². The zero-order valence-corrected chi connectivity index (χ0v) is 19.2. The van der Waals surface area contributed by atoms with E-state index in [1.54, 1.807) is 11.0 Å². The van der Waals surface area contributed by atoms with Crippen LogP contribution in [0.2, 0.25) is 0 Å². The predicted molar refractivity (Wildman–Crippen MR) is 118 cm³/mol. The predicted octanol–water partition coefficient (Wildman–Crippen LogP) is 1.69. The molecular weight excluding hydrogens is 434 g/mol. The molecule has 10 heteroatoms. The Bertz CT molecular complexity index is 956. The molecule has 2 amide bonds. The number of morpholine rings is 1. The SMILES string of the molecule is CCOc1ccc(S(=O)(=O)N2CCOCC2)cc1NC(=O)C1CCCN(C(=O)C2CC2)C1. The highest BCUT2D eigenvalue weighted by atomic mass is 32.2. The molecule has 1 aliphatic carbocycles. The van der Waals surface area contributed by atoms with Crippen LogP contribution in [0.15, 0.2) is 23.1 Å². The third-order valence-corrected chi connectivity index (χ3v) is 8.04. The van der Waals surface area contributed by atoms with Crippen molar-refractivity contribution in [2.24, 2.45) is 11.8 Å². The number of rotatable bonds is 7. The van der Waals surface area contributed by atoms with Gasteiger partial charge in [-0.2, -0.15) is 4.31 Å². The Morgan fingerprint density at radius 3 is 2.56 bits per heavy atom. The van der Waals surface area contributed by atoms with Gasteiger partial charge in [0.2, 0.25) is 21.8 Å². The van der Waals surface area contributed by atoms with E-state index in [1.807, 2.05) is 6.92 Å². The van der Waals surface area contributed by atoms with Crippen molar-refractivity contribution in [1.29, 1.82) is 0 Å². The average Bonchev–Trinajstić information content (AvgIpc) is 3.66. The molecule has 3 aliphatic rings. The molecule has 2 aliphatic heterocycles. The van der Waals surface area contributed by atoms with Crippen molar-refractivity contribution in [3.8, 4) is 5.75 Å². The van der Waals surface area contributed by atoms with Gasteiger partial charge < -0.3 is 19.7 Å².